The third-order valence-electron chi connectivity index (χ3n) is 3.09. The Morgan fingerprint density at radius 3 is 2.64 bits per heavy atom. The first-order valence-electron chi connectivity index (χ1n) is 5.29. The Labute approximate surface area is 93.8 Å². The molecule has 1 nitrogen and oxygen atoms in total. The molecule has 2 N–H and O–H groups in total. The van der Waals surface area contributed by atoms with Crippen molar-refractivity contribution >= 4 is 21.6 Å². The van der Waals surface area contributed by atoms with Gasteiger partial charge in [-0.05, 0) is 30.0 Å². The Morgan fingerprint density at radius 2 is 2.00 bits per heavy atom. The fourth-order valence-corrected chi connectivity index (χ4v) is 2.66. The van der Waals surface area contributed by atoms with Crippen molar-refractivity contribution in [2.75, 3.05) is 5.73 Å². The maximum atomic E-state index is 5.97. The topological polar surface area (TPSA) is 26.0 Å². The van der Waals surface area contributed by atoms with Crippen molar-refractivity contribution in [3.63, 3.8) is 0 Å². The molecule has 76 valence electrons. The van der Waals surface area contributed by atoms with Gasteiger partial charge in [-0.15, -0.1) is 0 Å². The summed E-state index contributed by atoms with van der Waals surface area (Å²) in [6, 6.07) is 6.24. The molecule has 1 saturated carbocycles. The van der Waals surface area contributed by atoms with Gasteiger partial charge in [0.25, 0.3) is 0 Å². The summed E-state index contributed by atoms with van der Waals surface area (Å²) in [6.45, 7) is 0. The lowest BCUT2D eigenvalue weighted by atomic mass is 9.97. The normalized spacial score (nSPS) is 17.5. The van der Waals surface area contributed by atoms with Gasteiger partial charge in [-0.25, -0.2) is 0 Å². The molecular formula is C12H16BrN. The molecule has 2 rings (SSSR count). The first-order valence-corrected chi connectivity index (χ1v) is 6.09. The van der Waals surface area contributed by atoms with Crippen LogP contribution in [0.2, 0.25) is 0 Å². The first-order chi connectivity index (χ1) is 6.75. The molecule has 0 aromatic heterocycles. The van der Waals surface area contributed by atoms with Gasteiger partial charge in [0.05, 0.1) is 0 Å². The van der Waals surface area contributed by atoms with Gasteiger partial charge in [-0.3, -0.25) is 0 Å². The van der Waals surface area contributed by atoms with Gasteiger partial charge >= 0.3 is 0 Å². The van der Waals surface area contributed by atoms with Crippen LogP contribution in [0.4, 0.5) is 5.69 Å². The number of rotatable bonds is 2. The largest absolute Gasteiger partial charge is 0.398 e. The summed E-state index contributed by atoms with van der Waals surface area (Å²) in [5, 5.41) is 0. The van der Waals surface area contributed by atoms with Crippen LogP contribution in [-0.2, 0) is 6.42 Å². The summed E-state index contributed by atoms with van der Waals surface area (Å²) < 4.78 is 1.07. The number of nitrogens with two attached hydrogens (primary N) is 1. The molecule has 0 spiro atoms. The van der Waals surface area contributed by atoms with E-state index in [2.05, 4.69) is 28.1 Å². The fourth-order valence-electron chi connectivity index (χ4n) is 2.28. The van der Waals surface area contributed by atoms with E-state index in [1.165, 1.54) is 37.7 Å². The summed E-state index contributed by atoms with van der Waals surface area (Å²) in [6.07, 6.45) is 6.74. The van der Waals surface area contributed by atoms with Gasteiger partial charge in [0.2, 0.25) is 0 Å². The quantitative estimate of drug-likeness (QED) is 0.799. The van der Waals surface area contributed by atoms with E-state index < -0.39 is 0 Å². The lowest BCUT2D eigenvalue weighted by molar-refractivity contribution is 0.547. The third-order valence-corrected chi connectivity index (χ3v) is 3.58. The highest BCUT2D eigenvalue weighted by Gasteiger charge is 2.16. The minimum Gasteiger partial charge on any atom is -0.398 e. The second-order valence-electron chi connectivity index (χ2n) is 4.20. The van der Waals surface area contributed by atoms with Crippen LogP contribution in [-0.4, -0.2) is 0 Å². The molecule has 0 bridgehead atoms. The van der Waals surface area contributed by atoms with E-state index in [1.54, 1.807) is 0 Å². The molecule has 14 heavy (non-hydrogen) atoms. The minimum absolute atomic E-state index is 0.874. The fraction of sp³-hybridized carbons (Fsp3) is 0.500. The maximum Gasteiger partial charge on any atom is 0.0357 e. The molecule has 1 aromatic carbocycles. The molecule has 1 aliphatic carbocycles. The van der Waals surface area contributed by atoms with Crippen LogP contribution in [0.5, 0.6) is 0 Å². The number of anilines is 1. The smallest absolute Gasteiger partial charge is 0.0357 e. The minimum atomic E-state index is 0.874. The Morgan fingerprint density at radius 1 is 1.29 bits per heavy atom. The number of hydrogen-bond acceptors (Lipinski definition) is 1. The second kappa shape index (κ2) is 4.35. The highest BCUT2D eigenvalue weighted by atomic mass is 79.9. The molecule has 0 radical (unpaired) electrons. The van der Waals surface area contributed by atoms with Crippen LogP contribution in [0.1, 0.15) is 31.2 Å². The first kappa shape index (κ1) is 10.0. The zero-order chi connectivity index (χ0) is 9.97. The molecule has 0 atom stereocenters. The number of benzene rings is 1. The molecule has 0 saturated heterocycles. The predicted molar refractivity (Wildman–Crippen MR) is 64.2 cm³/mol. The molecular weight excluding hydrogens is 238 g/mol. The van der Waals surface area contributed by atoms with Crippen molar-refractivity contribution in [3.05, 3.63) is 28.2 Å². The van der Waals surface area contributed by atoms with E-state index >= 15 is 0 Å². The van der Waals surface area contributed by atoms with Gasteiger partial charge in [0.15, 0.2) is 0 Å². The Hall–Kier alpha value is -0.500. The standard InChI is InChI=1S/C12H16BrN/c13-11-6-5-10(12(14)8-11)7-9-3-1-2-4-9/h5-6,8-9H,1-4,7,14H2. The molecule has 0 unspecified atom stereocenters. The van der Waals surface area contributed by atoms with Gasteiger partial charge in [-0.2, -0.15) is 0 Å². The summed E-state index contributed by atoms with van der Waals surface area (Å²) in [4.78, 5) is 0. The van der Waals surface area contributed by atoms with Crippen molar-refractivity contribution in [1.29, 1.82) is 0 Å². The van der Waals surface area contributed by atoms with Gasteiger partial charge < -0.3 is 5.73 Å². The number of halogens is 1. The molecule has 1 fully saturated rings. The Kier molecular flexibility index (Phi) is 3.12. The van der Waals surface area contributed by atoms with Crippen molar-refractivity contribution < 1.29 is 0 Å². The molecule has 0 heterocycles. The van der Waals surface area contributed by atoms with E-state index in [-0.39, 0.29) is 0 Å². The van der Waals surface area contributed by atoms with E-state index in [4.69, 9.17) is 5.73 Å². The average molecular weight is 254 g/mol. The highest BCUT2D eigenvalue weighted by molar-refractivity contribution is 9.10. The summed E-state index contributed by atoms with van der Waals surface area (Å²) in [5.41, 5.74) is 8.23. The van der Waals surface area contributed by atoms with Crippen molar-refractivity contribution in [1.82, 2.24) is 0 Å². The van der Waals surface area contributed by atoms with Crippen molar-refractivity contribution in [2.45, 2.75) is 32.1 Å². The molecule has 0 amide bonds. The lowest BCUT2D eigenvalue weighted by Gasteiger charge is -2.11. The predicted octanol–water partition coefficient (Wildman–Crippen LogP) is 3.76. The van der Waals surface area contributed by atoms with Crippen LogP contribution in [0.15, 0.2) is 22.7 Å². The third kappa shape index (κ3) is 2.30. The summed E-state index contributed by atoms with van der Waals surface area (Å²) in [5.74, 6) is 0.874. The van der Waals surface area contributed by atoms with Crippen molar-refractivity contribution in [3.8, 4) is 0 Å². The SMILES string of the molecule is Nc1cc(Br)ccc1CC1CCCC1. The summed E-state index contributed by atoms with van der Waals surface area (Å²) in [7, 11) is 0. The second-order valence-corrected chi connectivity index (χ2v) is 5.11. The van der Waals surface area contributed by atoms with E-state index in [1.807, 2.05) is 6.07 Å². The van der Waals surface area contributed by atoms with Gasteiger partial charge in [-0.1, -0.05) is 47.7 Å². The van der Waals surface area contributed by atoms with Crippen LogP contribution >= 0.6 is 15.9 Å². The highest BCUT2D eigenvalue weighted by Crippen LogP contribution is 2.30. The average Bonchev–Trinajstić information content (AvgIpc) is 2.62. The van der Waals surface area contributed by atoms with Gasteiger partial charge in [0, 0.05) is 10.2 Å². The molecule has 0 aliphatic heterocycles. The zero-order valence-electron chi connectivity index (χ0n) is 8.30. The Balaban J connectivity index is 2.08. The van der Waals surface area contributed by atoms with Crippen LogP contribution in [0, 0.1) is 5.92 Å². The Bertz CT molecular complexity index is 316. The van der Waals surface area contributed by atoms with E-state index in [9.17, 15) is 0 Å². The number of hydrogen-bond donors (Lipinski definition) is 1. The lowest BCUT2D eigenvalue weighted by Crippen LogP contribution is -2.02. The van der Waals surface area contributed by atoms with Crippen LogP contribution in [0.25, 0.3) is 0 Å². The van der Waals surface area contributed by atoms with Crippen LogP contribution in [0.3, 0.4) is 0 Å². The van der Waals surface area contributed by atoms with E-state index in [0.29, 0.717) is 0 Å². The number of nitrogen functional groups attached to an aromatic ring is 1. The van der Waals surface area contributed by atoms with Gasteiger partial charge in [0.1, 0.15) is 0 Å². The molecule has 1 aromatic rings. The molecule has 2 heteroatoms. The van der Waals surface area contributed by atoms with Crippen molar-refractivity contribution in [2.24, 2.45) is 5.92 Å². The molecule has 1 aliphatic rings. The monoisotopic (exact) mass is 253 g/mol. The van der Waals surface area contributed by atoms with Crippen LogP contribution < -0.4 is 5.73 Å². The maximum absolute atomic E-state index is 5.97. The van der Waals surface area contributed by atoms with E-state index in [0.717, 1.165) is 16.1 Å². The summed E-state index contributed by atoms with van der Waals surface area (Å²) >= 11 is 3.43. The zero-order valence-corrected chi connectivity index (χ0v) is 9.89.